The fourth-order valence-corrected chi connectivity index (χ4v) is 2.52. The van der Waals surface area contributed by atoms with Crippen molar-refractivity contribution in [3.05, 3.63) is 60.2 Å². The molecular formula is C21H23N3O3. The van der Waals surface area contributed by atoms with E-state index in [9.17, 15) is 5.11 Å². The minimum absolute atomic E-state index is 0.0168. The number of oxazole rings is 1. The van der Waals surface area contributed by atoms with Gasteiger partial charge in [-0.3, -0.25) is 0 Å². The van der Waals surface area contributed by atoms with Crippen LogP contribution in [0.1, 0.15) is 38.4 Å². The molecule has 6 nitrogen and oxygen atoms in total. The van der Waals surface area contributed by atoms with Crippen LogP contribution in [0.4, 0.5) is 11.5 Å². The van der Waals surface area contributed by atoms with Crippen molar-refractivity contribution in [1.82, 2.24) is 4.98 Å². The van der Waals surface area contributed by atoms with Gasteiger partial charge in [-0.15, -0.1) is 10.2 Å². The van der Waals surface area contributed by atoms with Crippen molar-refractivity contribution < 1.29 is 14.3 Å². The largest absolute Gasteiger partial charge is 0.478 e. The van der Waals surface area contributed by atoms with E-state index in [0.29, 0.717) is 11.6 Å². The predicted molar refractivity (Wildman–Crippen MR) is 103 cm³/mol. The monoisotopic (exact) mass is 365 g/mol. The Morgan fingerprint density at radius 3 is 2.70 bits per heavy atom. The van der Waals surface area contributed by atoms with Gasteiger partial charge < -0.3 is 14.3 Å². The minimum Gasteiger partial charge on any atom is -0.478 e. The van der Waals surface area contributed by atoms with Crippen LogP contribution in [-0.2, 0) is 4.74 Å². The van der Waals surface area contributed by atoms with Gasteiger partial charge in [-0.05, 0) is 43.2 Å². The summed E-state index contributed by atoms with van der Waals surface area (Å²) in [6.07, 6.45) is 2.13. The molecule has 3 aromatic rings. The Labute approximate surface area is 158 Å². The molecule has 0 saturated carbocycles. The number of aromatic hydroxyl groups is 1. The second-order valence-electron chi connectivity index (χ2n) is 6.18. The third-order valence-corrected chi connectivity index (χ3v) is 4.08. The highest BCUT2D eigenvalue weighted by Gasteiger charge is 2.13. The summed E-state index contributed by atoms with van der Waals surface area (Å²) >= 11 is 0. The molecule has 0 aliphatic heterocycles. The average molecular weight is 365 g/mol. The molecule has 0 saturated heterocycles. The Balaban J connectivity index is 1.73. The van der Waals surface area contributed by atoms with E-state index in [1.165, 1.54) is 0 Å². The molecule has 0 spiro atoms. The number of nitrogens with zero attached hydrogens (tertiary/aromatic N) is 3. The summed E-state index contributed by atoms with van der Waals surface area (Å²) in [5.41, 5.74) is 2.44. The fraction of sp³-hybridized carbons (Fsp3) is 0.286. The summed E-state index contributed by atoms with van der Waals surface area (Å²) in [5, 5.41) is 18.1. The van der Waals surface area contributed by atoms with Crippen molar-refractivity contribution in [2.45, 2.75) is 32.8 Å². The molecule has 140 valence electrons. The predicted octanol–water partition coefficient (Wildman–Crippen LogP) is 6.34. The van der Waals surface area contributed by atoms with Gasteiger partial charge in [0.25, 0.3) is 5.82 Å². The van der Waals surface area contributed by atoms with Crippen LogP contribution in [0.15, 0.2) is 69.2 Å². The zero-order chi connectivity index (χ0) is 19.1. The maximum absolute atomic E-state index is 9.93. The Kier molecular flexibility index (Phi) is 6.33. The molecule has 0 bridgehead atoms. The Hall–Kier alpha value is -2.99. The first kappa shape index (κ1) is 18.8. The molecule has 1 atom stereocenters. The SMILES string of the molecule is CCCCOC(C)c1cccc(N=Nc2nc(-c3ccccc3)oc2O)c1. The molecule has 0 aliphatic carbocycles. The quantitative estimate of drug-likeness (QED) is 0.373. The Bertz CT molecular complexity index is 891. The van der Waals surface area contributed by atoms with Crippen LogP contribution < -0.4 is 0 Å². The van der Waals surface area contributed by atoms with Crippen LogP contribution >= 0.6 is 0 Å². The van der Waals surface area contributed by atoms with Crippen molar-refractivity contribution in [3.63, 3.8) is 0 Å². The number of aromatic nitrogens is 1. The first-order chi connectivity index (χ1) is 13.2. The summed E-state index contributed by atoms with van der Waals surface area (Å²) in [7, 11) is 0. The highest BCUT2D eigenvalue weighted by atomic mass is 16.5. The third-order valence-electron chi connectivity index (χ3n) is 4.08. The first-order valence-electron chi connectivity index (χ1n) is 9.06. The van der Waals surface area contributed by atoms with Gasteiger partial charge >= 0.3 is 5.95 Å². The van der Waals surface area contributed by atoms with Gasteiger partial charge in [-0.1, -0.05) is 43.7 Å². The van der Waals surface area contributed by atoms with E-state index in [1.807, 2.05) is 61.5 Å². The van der Waals surface area contributed by atoms with Gasteiger partial charge in [0.1, 0.15) is 0 Å². The van der Waals surface area contributed by atoms with Crippen molar-refractivity contribution in [2.24, 2.45) is 10.2 Å². The maximum Gasteiger partial charge on any atom is 0.332 e. The van der Waals surface area contributed by atoms with Gasteiger partial charge in [-0.25, -0.2) is 0 Å². The summed E-state index contributed by atoms with van der Waals surface area (Å²) < 4.78 is 11.1. The van der Waals surface area contributed by atoms with E-state index in [4.69, 9.17) is 9.15 Å². The van der Waals surface area contributed by atoms with E-state index >= 15 is 0 Å². The first-order valence-corrected chi connectivity index (χ1v) is 9.06. The van der Waals surface area contributed by atoms with E-state index in [1.54, 1.807) is 0 Å². The second-order valence-corrected chi connectivity index (χ2v) is 6.18. The summed E-state index contributed by atoms with van der Waals surface area (Å²) in [6.45, 7) is 4.89. The topological polar surface area (TPSA) is 80.2 Å². The lowest BCUT2D eigenvalue weighted by Gasteiger charge is -2.13. The van der Waals surface area contributed by atoms with Crippen LogP contribution in [0.5, 0.6) is 5.95 Å². The number of unbranched alkanes of at least 4 members (excludes halogenated alkanes) is 1. The van der Waals surface area contributed by atoms with Gasteiger partial charge in [-0.2, -0.15) is 4.98 Å². The lowest BCUT2D eigenvalue weighted by Crippen LogP contribution is -2.01. The molecule has 27 heavy (non-hydrogen) atoms. The normalized spacial score (nSPS) is 12.5. The van der Waals surface area contributed by atoms with E-state index in [0.717, 1.165) is 30.6 Å². The highest BCUT2D eigenvalue weighted by molar-refractivity contribution is 5.57. The second kappa shape index (κ2) is 9.09. The van der Waals surface area contributed by atoms with Crippen molar-refractivity contribution in [3.8, 4) is 17.4 Å². The summed E-state index contributed by atoms with van der Waals surface area (Å²) in [5.74, 6) is -0.00901. The zero-order valence-electron chi connectivity index (χ0n) is 15.5. The molecular weight excluding hydrogens is 342 g/mol. The Morgan fingerprint density at radius 2 is 1.93 bits per heavy atom. The van der Waals surface area contributed by atoms with Crippen molar-refractivity contribution >= 4 is 11.5 Å². The summed E-state index contributed by atoms with van der Waals surface area (Å²) in [4.78, 5) is 4.20. The smallest absolute Gasteiger partial charge is 0.332 e. The molecule has 1 N–H and O–H groups in total. The van der Waals surface area contributed by atoms with Gasteiger partial charge in [0.2, 0.25) is 5.89 Å². The van der Waals surface area contributed by atoms with Gasteiger partial charge in [0, 0.05) is 12.2 Å². The fourth-order valence-electron chi connectivity index (χ4n) is 2.52. The number of hydrogen-bond donors (Lipinski definition) is 1. The molecule has 3 rings (SSSR count). The van der Waals surface area contributed by atoms with Crippen LogP contribution in [0, 0.1) is 0 Å². The van der Waals surface area contributed by atoms with Crippen molar-refractivity contribution in [2.75, 3.05) is 6.61 Å². The molecule has 0 radical (unpaired) electrons. The van der Waals surface area contributed by atoms with Crippen LogP contribution in [0.25, 0.3) is 11.5 Å². The van der Waals surface area contributed by atoms with E-state index in [-0.39, 0.29) is 17.9 Å². The molecule has 2 aromatic carbocycles. The van der Waals surface area contributed by atoms with Gasteiger partial charge in [0.15, 0.2) is 0 Å². The third kappa shape index (κ3) is 5.01. The van der Waals surface area contributed by atoms with Crippen LogP contribution in [-0.4, -0.2) is 16.7 Å². The molecule has 0 amide bonds. The lowest BCUT2D eigenvalue weighted by atomic mass is 10.1. The van der Waals surface area contributed by atoms with Gasteiger partial charge in [0.05, 0.1) is 11.8 Å². The molecule has 1 aromatic heterocycles. The maximum atomic E-state index is 9.93. The number of rotatable bonds is 8. The number of ether oxygens (including phenoxy) is 1. The minimum atomic E-state index is -0.356. The molecule has 1 unspecified atom stereocenters. The zero-order valence-corrected chi connectivity index (χ0v) is 15.5. The standard InChI is InChI=1S/C21H23N3O3/c1-3-4-13-26-15(2)17-11-8-12-18(14-17)23-24-19-21(25)27-20(22-19)16-9-6-5-7-10-16/h5-12,14-15,25H,3-4,13H2,1-2H3. The number of hydrogen-bond acceptors (Lipinski definition) is 6. The van der Waals surface area contributed by atoms with Crippen LogP contribution in [0.2, 0.25) is 0 Å². The summed E-state index contributed by atoms with van der Waals surface area (Å²) in [6, 6.07) is 17.0. The number of azo groups is 1. The molecule has 6 heteroatoms. The molecule has 1 heterocycles. The average Bonchev–Trinajstić information content (AvgIpc) is 3.08. The molecule has 0 fully saturated rings. The van der Waals surface area contributed by atoms with Crippen LogP contribution in [0.3, 0.4) is 0 Å². The highest BCUT2D eigenvalue weighted by Crippen LogP contribution is 2.33. The van der Waals surface area contributed by atoms with Crippen molar-refractivity contribution in [1.29, 1.82) is 0 Å². The Morgan fingerprint density at radius 1 is 1.11 bits per heavy atom. The van der Waals surface area contributed by atoms with E-state index < -0.39 is 0 Å². The lowest BCUT2D eigenvalue weighted by molar-refractivity contribution is 0.0637. The molecule has 0 aliphatic rings. The van der Waals surface area contributed by atoms with E-state index in [2.05, 4.69) is 22.1 Å². The number of benzene rings is 2.